The number of aryl methyl sites for hydroxylation is 1. The average Bonchev–Trinajstić information content (AvgIpc) is 2.57. The molecule has 2 heterocycles. The molecule has 0 spiro atoms. The van der Waals surface area contributed by atoms with Crippen LogP contribution in [0.1, 0.15) is 11.6 Å². The number of aromatic nitrogens is 2. The molecule has 0 saturated heterocycles. The van der Waals surface area contributed by atoms with E-state index in [0.29, 0.717) is 6.54 Å². The third kappa shape index (κ3) is 1.23. The summed E-state index contributed by atoms with van der Waals surface area (Å²) in [5, 5.41) is 13.2. The molecule has 90 valence electrons. The summed E-state index contributed by atoms with van der Waals surface area (Å²) in [5.74, 6) is 0. The van der Waals surface area contributed by atoms with Crippen molar-refractivity contribution in [2.45, 2.75) is 18.7 Å². The van der Waals surface area contributed by atoms with Gasteiger partial charge in [-0.05, 0) is 18.7 Å². The molecule has 0 bridgehead atoms. The number of nitrogens with one attached hydrogen (secondary N) is 1. The van der Waals surface area contributed by atoms with E-state index in [0.717, 1.165) is 16.6 Å². The SMILES string of the molecule is CN[C@@H]1c2cccc3c2n(c(=O)n3C)C[C@H]1O. The number of para-hydroxylation sites is 1. The highest BCUT2D eigenvalue weighted by atomic mass is 16.3. The Balaban J connectivity index is 2.44. The van der Waals surface area contributed by atoms with Crippen LogP contribution in [-0.2, 0) is 13.6 Å². The second-order valence-corrected chi connectivity index (χ2v) is 4.50. The van der Waals surface area contributed by atoms with Crippen LogP contribution in [0.2, 0.25) is 0 Å². The minimum atomic E-state index is -0.571. The van der Waals surface area contributed by atoms with Gasteiger partial charge in [0.05, 0.1) is 29.7 Å². The largest absolute Gasteiger partial charge is 0.389 e. The number of aliphatic hydroxyl groups is 1. The molecule has 1 aromatic carbocycles. The first kappa shape index (κ1) is 10.6. The Morgan fingerprint density at radius 1 is 1.47 bits per heavy atom. The second kappa shape index (κ2) is 3.45. The van der Waals surface area contributed by atoms with Crippen molar-refractivity contribution in [3.8, 4) is 0 Å². The topological polar surface area (TPSA) is 59.2 Å². The average molecular weight is 233 g/mol. The van der Waals surface area contributed by atoms with Gasteiger partial charge in [-0.15, -0.1) is 0 Å². The lowest BCUT2D eigenvalue weighted by Crippen LogP contribution is -2.39. The lowest BCUT2D eigenvalue weighted by Gasteiger charge is -2.28. The maximum Gasteiger partial charge on any atom is 0.328 e. The van der Waals surface area contributed by atoms with Gasteiger partial charge < -0.3 is 10.4 Å². The van der Waals surface area contributed by atoms with E-state index in [-0.39, 0.29) is 11.7 Å². The van der Waals surface area contributed by atoms with E-state index in [1.54, 1.807) is 16.2 Å². The molecule has 0 saturated carbocycles. The molecule has 5 heteroatoms. The van der Waals surface area contributed by atoms with Gasteiger partial charge in [0.15, 0.2) is 0 Å². The monoisotopic (exact) mass is 233 g/mol. The van der Waals surface area contributed by atoms with Crippen molar-refractivity contribution in [2.24, 2.45) is 7.05 Å². The molecule has 0 fully saturated rings. The van der Waals surface area contributed by atoms with E-state index in [4.69, 9.17) is 0 Å². The molecular weight excluding hydrogens is 218 g/mol. The summed E-state index contributed by atoms with van der Waals surface area (Å²) in [4.78, 5) is 12.0. The zero-order valence-corrected chi connectivity index (χ0v) is 9.84. The number of hydrogen-bond acceptors (Lipinski definition) is 3. The molecule has 1 aromatic heterocycles. The van der Waals surface area contributed by atoms with Gasteiger partial charge in [-0.25, -0.2) is 4.79 Å². The van der Waals surface area contributed by atoms with E-state index in [2.05, 4.69) is 5.32 Å². The second-order valence-electron chi connectivity index (χ2n) is 4.50. The normalized spacial score (nSPS) is 23.2. The van der Waals surface area contributed by atoms with E-state index in [1.165, 1.54) is 0 Å². The van der Waals surface area contributed by atoms with Crippen LogP contribution in [-0.4, -0.2) is 27.4 Å². The van der Waals surface area contributed by atoms with Crippen LogP contribution in [0.25, 0.3) is 11.0 Å². The van der Waals surface area contributed by atoms with Crippen LogP contribution >= 0.6 is 0 Å². The van der Waals surface area contributed by atoms with Crippen molar-refractivity contribution in [2.75, 3.05) is 7.05 Å². The van der Waals surface area contributed by atoms with Crippen LogP contribution in [0.4, 0.5) is 0 Å². The zero-order valence-electron chi connectivity index (χ0n) is 9.84. The van der Waals surface area contributed by atoms with Gasteiger partial charge in [0.2, 0.25) is 0 Å². The van der Waals surface area contributed by atoms with Crippen LogP contribution in [0.5, 0.6) is 0 Å². The molecule has 0 unspecified atom stereocenters. The lowest BCUT2D eigenvalue weighted by molar-refractivity contribution is 0.107. The lowest BCUT2D eigenvalue weighted by atomic mass is 9.96. The number of likely N-dealkylation sites (N-methyl/N-ethyl adjacent to an activating group) is 1. The highest BCUT2D eigenvalue weighted by Gasteiger charge is 2.30. The number of aliphatic hydroxyl groups excluding tert-OH is 1. The Labute approximate surface area is 98.3 Å². The molecule has 0 radical (unpaired) electrons. The van der Waals surface area contributed by atoms with Gasteiger partial charge >= 0.3 is 5.69 Å². The van der Waals surface area contributed by atoms with Crippen molar-refractivity contribution >= 4 is 11.0 Å². The number of rotatable bonds is 1. The Morgan fingerprint density at radius 3 is 2.94 bits per heavy atom. The van der Waals surface area contributed by atoms with Gasteiger partial charge in [-0.3, -0.25) is 9.13 Å². The Hall–Kier alpha value is -1.59. The number of hydrogen-bond donors (Lipinski definition) is 2. The number of imidazole rings is 1. The van der Waals surface area contributed by atoms with Crippen LogP contribution in [0.3, 0.4) is 0 Å². The van der Waals surface area contributed by atoms with E-state index < -0.39 is 6.10 Å². The number of nitrogens with zero attached hydrogens (tertiary/aromatic N) is 2. The third-order valence-corrected chi connectivity index (χ3v) is 3.60. The Morgan fingerprint density at radius 2 is 2.24 bits per heavy atom. The summed E-state index contributed by atoms with van der Waals surface area (Å²) in [5.41, 5.74) is 2.77. The molecule has 5 nitrogen and oxygen atoms in total. The van der Waals surface area contributed by atoms with E-state index in [9.17, 15) is 9.90 Å². The van der Waals surface area contributed by atoms with Crippen LogP contribution in [0, 0.1) is 0 Å². The summed E-state index contributed by atoms with van der Waals surface area (Å²) < 4.78 is 3.28. The predicted octanol–water partition coefficient (Wildman–Crippen LogP) is -0.0250. The van der Waals surface area contributed by atoms with Crippen molar-refractivity contribution in [1.29, 1.82) is 0 Å². The fraction of sp³-hybridized carbons (Fsp3) is 0.417. The Kier molecular flexibility index (Phi) is 2.14. The van der Waals surface area contributed by atoms with Gasteiger partial charge in [0.25, 0.3) is 0 Å². The molecule has 0 aliphatic carbocycles. The van der Waals surface area contributed by atoms with Gasteiger partial charge in [0, 0.05) is 7.05 Å². The van der Waals surface area contributed by atoms with Crippen molar-refractivity contribution in [3.05, 3.63) is 34.2 Å². The zero-order chi connectivity index (χ0) is 12.2. The van der Waals surface area contributed by atoms with E-state index >= 15 is 0 Å². The molecule has 17 heavy (non-hydrogen) atoms. The fourth-order valence-corrected chi connectivity index (χ4v) is 2.76. The molecular formula is C12H15N3O2. The standard InChI is InChI=1S/C12H15N3O2/c1-13-10-7-4-3-5-8-11(7)15(6-9(10)16)12(17)14(8)2/h3-5,9-10,13,16H,6H2,1-2H3/t9-,10-/m1/s1. The maximum atomic E-state index is 12.0. The Bertz CT molecular complexity index is 641. The molecule has 2 N–H and O–H groups in total. The quantitative estimate of drug-likeness (QED) is 0.727. The first-order valence-corrected chi connectivity index (χ1v) is 5.68. The van der Waals surface area contributed by atoms with Crippen LogP contribution in [0.15, 0.2) is 23.0 Å². The van der Waals surface area contributed by atoms with Gasteiger partial charge in [-0.2, -0.15) is 0 Å². The summed E-state index contributed by atoms with van der Waals surface area (Å²) >= 11 is 0. The third-order valence-electron chi connectivity index (χ3n) is 3.60. The number of benzene rings is 1. The van der Waals surface area contributed by atoms with Crippen molar-refractivity contribution in [1.82, 2.24) is 14.5 Å². The van der Waals surface area contributed by atoms with E-state index in [1.807, 2.05) is 25.2 Å². The minimum absolute atomic E-state index is 0.0685. The fourth-order valence-electron chi connectivity index (χ4n) is 2.76. The molecule has 3 rings (SSSR count). The summed E-state index contributed by atoms with van der Waals surface area (Å²) in [6, 6.07) is 5.70. The summed E-state index contributed by atoms with van der Waals surface area (Å²) in [6.07, 6.45) is -0.571. The molecule has 2 aromatic rings. The predicted molar refractivity (Wildman–Crippen MR) is 65.0 cm³/mol. The maximum absolute atomic E-state index is 12.0. The smallest absolute Gasteiger partial charge is 0.328 e. The van der Waals surface area contributed by atoms with Gasteiger partial charge in [-0.1, -0.05) is 12.1 Å². The highest BCUT2D eigenvalue weighted by molar-refractivity contribution is 5.81. The van der Waals surface area contributed by atoms with Crippen LogP contribution < -0.4 is 11.0 Å². The van der Waals surface area contributed by atoms with Crippen molar-refractivity contribution in [3.63, 3.8) is 0 Å². The molecule has 1 aliphatic rings. The molecule has 2 atom stereocenters. The first-order valence-electron chi connectivity index (χ1n) is 5.68. The minimum Gasteiger partial charge on any atom is -0.389 e. The molecule has 1 aliphatic heterocycles. The molecule has 0 amide bonds. The first-order chi connectivity index (χ1) is 8.15. The summed E-state index contributed by atoms with van der Waals surface area (Å²) in [6.45, 7) is 0.346. The summed E-state index contributed by atoms with van der Waals surface area (Å²) in [7, 11) is 3.58. The highest BCUT2D eigenvalue weighted by Crippen LogP contribution is 2.30. The van der Waals surface area contributed by atoms with Gasteiger partial charge in [0.1, 0.15) is 0 Å². The van der Waals surface area contributed by atoms with Crippen molar-refractivity contribution < 1.29 is 5.11 Å².